The van der Waals surface area contributed by atoms with Crippen molar-refractivity contribution in [1.82, 2.24) is 0 Å². The predicted molar refractivity (Wildman–Crippen MR) is 89.9 cm³/mol. The van der Waals surface area contributed by atoms with Crippen LogP contribution < -0.4 is 10.5 Å². The Balaban J connectivity index is 2.00. The van der Waals surface area contributed by atoms with Crippen LogP contribution in [0.3, 0.4) is 0 Å². The molecule has 0 aliphatic heterocycles. The van der Waals surface area contributed by atoms with Crippen molar-refractivity contribution < 1.29 is 4.74 Å². The van der Waals surface area contributed by atoms with E-state index in [2.05, 4.69) is 52.3 Å². The Morgan fingerprint density at radius 2 is 2.05 bits per heavy atom. The van der Waals surface area contributed by atoms with Gasteiger partial charge in [-0.15, -0.1) is 0 Å². The first-order valence-electron chi connectivity index (χ1n) is 7.29. The van der Waals surface area contributed by atoms with Gasteiger partial charge in [0.1, 0.15) is 5.75 Å². The second kappa shape index (κ2) is 5.82. The quantitative estimate of drug-likeness (QED) is 0.913. The monoisotopic (exact) mass is 345 g/mol. The van der Waals surface area contributed by atoms with E-state index in [1.807, 2.05) is 6.07 Å². The highest BCUT2D eigenvalue weighted by atomic mass is 79.9. The average Bonchev–Trinajstić information content (AvgIpc) is 2.89. The molecule has 0 bridgehead atoms. The summed E-state index contributed by atoms with van der Waals surface area (Å²) in [5.41, 5.74) is 10.4. The molecule has 0 heterocycles. The third-order valence-electron chi connectivity index (χ3n) is 4.63. The molecule has 1 aliphatic carbocycles. The number of aryl methyl sites for hydroxylation is 1. The lowest BCUT2D eigenvalue weighted by Crippen LogP contribution is -2.35. The van der Waals surface area contributed by atoms with Crippen molar-refractivity contribution in [2.75, 3.05) is 13.7 Å². The molecule has 2 aromatic carbocycles. The van der Waals surface area contributed by atoms with Gasteiger partial charge in [-0.2, -0.15) is 0 Å². The maximum atomic E-state index is 6.21. The summed E-state index contributed by atoms with van der Waals surface area (Å²) < 4.78 is 6.48. The van der Waals surface area contributed by atoms with Gasteiger partial charge < -0.3 is 10.5 Å². The Hall–Kier alpha value is -1.32. The van der Waals surface area contributed by atoms with Gasteiger partial charge in [-0.1, -0.05) is 40.2 Å². The molecule has 3 heteroatoms. The number of halogens is 1. The number of methoxy groups -OCH3 is 1. The third kappa shape index (κ3) is 2.60. The maximum Gasteiger partial charge on any atom is 0.119 e. The highest BCUT2D eigenvalue weighted by molar-refractivity contribution is 9.10. The van der Waals surface area contributed by atoms with Gasteiger partial charge in [-0.05, 0) is 54.2 Å². The zero-order valence-corrected chi connectivity index (χ0v) is 13.8. The number of rotatable bonds is 4. The van der Waals surface area contributed by atoms with Crippen LogP contribution in [0.2, 0.25) is 0 Å². The zero-order valence-electron chi connectivity index (χ0n) is 12.2. The average molecular weight is 346 g/mol. The maximum absolute atomic E-state index is 6.21. The fourth-order valence-electron chi connectivity index (χ4n) is 3.41. The molecule has 1 aliphatic rings. The molecule has 1 unspecified atom stereocenters. The molecule has 0 aromatic heterocycles. The smallest absolute Gasteiger partial charge is 0.119 e. The van der Waals surface area contributed by atoms with Crippen LogP contribution in [-0.2, 0) is 18.3 Å². The van der Waals surface area contributed by atoms with Crippen molar-refractivity contribution in [3.05, 3.63) is 63.6 Å². The summed E-state index contributed by atoms with van der Waals surface area (Å²) in [6.07, 6.45) is 3.18. The highest BCUT2D eigenvalue weighted by Crippen LogP contribution is 2.42. The van der Waals surface area contributed by atoms with E-state index in [0.717, 1.165) is 29.5 Å². The Labute approximate surface area is 134 Å². The summed E-state index contributed by atoms with van der Waals surface area (Å²) in [5.74, 6) is 0.895. The summed E-state index contributed by atoms with van der Waals surface area (Å²) >= 11 is 3.66. The van der Waals surface area contributed by atoms with Crippen LogP contribution in [0, 0.1) is 0 Å². The molecule has 3 rings (SSSR count). The number of benzene rings is 2. The number of ether oxygens (including phenoxy) is 1. The number of hydrogen-bond acceptors (Lipinski definition) is 2. The highest BCUT2D eigenvalue weighted by Gasteiger charge is 2.37. The molecule has 2 N–H and O–H groups in total. The molecule has 0 saturated heterocycles. The van der Waals surface area contributed by atoms with Gasteiger partial charge >= 0.3 is 0 Å². The lowest BCUT2D eigenvalue weighted by Gasteiger charge is -2.29. The first kappa shape index (κ1) is 14.6. The molecule has 0 radical (unpaired) electrons. The summed E-state index contributed by atoms with van der Waals surface area (Å²) in [6.45, 7) is 0.674. The Bertz CT molecular complexity index is 655. The zero-order chi connectivity index (χ0) is 14.9. The molecular formula is C18H20BrNO. The van der Waals surface area contributed by atoms with Crippen LogP contribution in [0.1, 0.15) is 23.1 Å². The fourth-order valence-corrected chi connectivity index (χ4v) is 3.80. The number of hydrogen-bond donors (Lipinski definition) is 1. The molecule has 0 spiro atoms. The Morgan fingerprint density at radius 1 is 1.24 bits per heavy atom. The van der Waals surface area contributed by atoms with Crippen LogP contribution in [0.5, 0.6) is 5.75 Å². The SMILES string of the molecule is COc1ccc(Br)c(CC2(CN)CCc3ccccc32)c1. The van der Waals surface area contributed by atoms with Gasteiger partial charge in [0.2, 0.25) is 0 Å². The normalized spacial score (nSPS) is 20.3. The third-order valence-corrected chi connectivity index (χ3v) is 5.41. The van der Waals surface area contributed by atoms with Crippen LogP contribution in [-0.4, -0.2) is 13.7 Å². The number of fused-ring (bicyclic) bond motifs is 1. The van der Waals surface area contributed by atoms with Crippen molar-refractivity contribution in [2.24, 2.45) is 5.73 Å². The Morgan fingerprint density at radius 3 is 2.81 bits per heavy atom. The van der Waals surface area contributed by atoms with Gasteiger partial charge in [-0.25, -0.2) is 0 Å². The number of nitrogens with two attached hydrogens (primary N) is 1. The van der Waals surface area contributed by atoms with Crippen molar-refractivity contribution in [1.29, 1.82) is 0 Å². The predicted octanol–water partition coefficient (Wildman–Crippen LogP) is 3.84. The largest absolute Gasteiger partial charge is 0.497 e. The van der Waals surface area contributed by atoms with E-state index in [1.54, 1.807) is 7.11 Å². The van der Waals surface area contributed by atoms with Gasteiger partial charge in [0.05, 0.1) is 7.11 Å². The van der Waals surface area contributed by atoms with Crippen LogP contribution in [0.15, 0.2) is 46.9 Å². The van der Waals surface area contributed by atoms with Gasteiger partial charge in [0.25, 0.3) is 0 Å². The van der Waals surface area contributed by atoms with Gasteiger partial charge in [0, 0.05) is 16.4 Å². The molecule has 2 aromatic rings. The molecule has 0 fully saturated rings. The first-order valence-corrected chi connectivity index (χ1v) is 8.09. The minimum atomic E-state index is 0.0471. The van der Waals surface area contributed by atoms with E-state index in [4.69, 9.17) is 10.5 Å². The van der Waals surface area contributed by atoms with E-state index in [9.17, 15) is 0 Å². The molecule has 0 amide bonds. The molecule has 21 heavy (non-hydrogen) atoms. The minimum absolute atomic E-state index is 0.0471. The standard InChI is InChI=1S/C18H20BrNO/c1-21-15-6-7-17(19)14(10-15)11-18(12-20)9-8-13-4-2-3-5-16(13)18/h2-7,10H,8-9,11-12,20H2,1H3. The molecule has 1 atom stereocenters. The van der Waals surface area contributed by atoms with Crippen LogP contribution in [0.25, 0.3) is 0 Å². The van der Waals surface area contributed by atoms with Gasteiger partial charge in [0.15, 0.2) is 0 Å². The van der Waals surface area contributed by atoms with E-state index < -0.39 is 0 Å². The van der Waals surface area contributed by atoms with Gasteiger partial charge in [-0.3, -0.25) is 0 Å². The summed E-state index contributed by atoms with van der Waals surface area (Å²) in [6, 6.07) is 14.9. The van der Waals surface area contributed by atoms with E-state index in [-0.39, 0.29) is 5.41 Å². The lowest BCUT2D eigenvalue weighted by atomic mass is 9.76. The molecular weight excluding hydrogens is 326 g/mol. The first-order chi connectivity index (χ1) is 10.2. The van der Waals surface area contributed by atoms with E-state index in [0.29, 0.717) is 6.54 Å². The van der Waals surface area contributed by atoms with Crippen LogP contribution >= 0.6 is 15.9 Å². The van der Waals surface area contributed by atoms with E-state index >= 15 is 0 Å². The van der Waals surface area contributed by atoms with Crippen molar-refractivity contribution in [3.63, 3.8) is 0 Å². The minimum Gasteiger partial charge on any atom is -0.497 e. The molecule has 0 saturated carbocycles. The summed E-state index contributed by atoms with van der Waals surface area (Å²) in [7, 11) is 1.70. The van der Waals surface area contributed by atoms with Crippen molar-refractivity contribution in [3.8, 4) is 5.75 Å². The Kier molecular flexibility index (Phi) is 4.05. The molecule has 110 valence electrons. The second-order valence-corrected chi connectivity index (χ2v) is 6.63. The fraction of sp³-hybridized carbons (Fsp3) is 0.333. The topological polar surface area (TPSA) is 35.2 Å². The van der Waals surface area contributed by atoms with Crippen LogP contribution in [0.4, 0.5) is 0 Å². The van der Waals surface area contributed by atoms with E-state index in [1.165, 1.54) is 16.7 Å². The second-order valence-electron chi connectivity index (χ2n) is 5.78. The van der Waals surface area contributed by atoms with Crippen molar-refractivity contribution in [2.45, 2.75) is 24.7 Å². The lowest BCUT2D eigenvalue weighted by molar-refractivity contribution is 0.409. The summed E-state index contributed by atoms with van der Waals surface area (Å²) in [5, 5.41) is 0. The van der Waals surface area contributed by atoms with Crippen molar-refractivity contribution >= 4 is 15.9 Å². The molecule has 2 nitrogen and oxygen atoms in total. The summed E-state index contributed by atoms with van der Waals surface area (Å²) in [4.78, 5) is 0.